The van der Waals surface area contributed by atoms with Gasteiger partial charge in [-0.2, -0.15) is 0 Å². The zero-order valence-electron chi connectivity index (χ0n) is 10.4. The third-order valence-electron chi connectivity index (χ3n) is 2.67. The Kier molecular flexibility index (Phi) is 4.48. The largest absolute Gasteiger partial charge is 0.444 e. The lowest BCUT2D eigenvalue weighted by molar-refractivity contribution is 0.454. The molecule has 1 atom stereocenters. The maximum absolute atomic E-state index is 5.53. The Morgan fingerprint density at radius 3 is 3.12 bits per heavy atom. The van der Waals surface area contributed by atoms with Gasteiger partial charge < -0.3 is 9.73 Å². The van der Waals surface area contributed by atoms with Crippen LogP contribution in [0.25, 0.3) is 0 Å². The predicted molar refractivity (Wildman–Crippen MR) is 71.3 cm³/mol. The fourth-order valence-corrected chi connectivity index (χ4v) is 2.85. The average Bonchev–Trinajstić information content (AvgIpc) is 2.95. The molecule has 0 aliphatic carbocycles. The van der Waals surface area contributed by atoms with E-state index in [1.165, 1.54) is 12.8 Å². The van der Waals surface area contributed by atoms with Crippen LogP contribution in [0, 0.1) is 0 Å². The summed E-state index contributed by atoms with van der Waals surface area (Å²) < 4.78 is 5.53. The fourth-order valence-electron chi connectivity index (χ4n) is 1.73. The van der Waals surface area contributed by atoms with E-state index in [2.05, 4.69) is 29.1 Å². The summed E-state index contributed by atoms with van der Waals surface area (Å²) in [6, 6.07) is 0. The number of nitrogens with one attached hydrogen (secondary N) is 1. The maximum Gasteiger partial charge on any atom is 0.213 e. The van der Waals surface area contributed by atoms with E-state index in [1.54, 1.807) is 6.20 Å². The van der Waals surface area contributed by atoms with Gasteiger partial charge in [0.15, 0.2) is 5.17 Å². The molecule has 94 valence electrons. The molecule has 0 radical (unpaired) electrons. The number of oxazole rings is 1. The van der Waals surface area contributed by atoms with Crippen LogP contribution in [0.4, 0.5) is 0 Å². The monoisotopic (exact) mass is 253 g/mol. The molecule has 1 aromatic rings. The Bertz CT molecular complexity index is 389. The van der Waals surface area contributed by atoms with Gasteiger partial charge in [-0.3, -0.25) is 4.99 Å². The first-order valence-electron chi connectivity index (χ1n) is 6.20. The van der Waals surface area contributed by atoms with Crippen LogP contribution in [0.5, 0.6) is 0 Å². The minimum absolute atomic E-state index is 0.630. The van der Waals surface area contributed by atoms with Gasteiger partial charge in [0.1, 0.15) is 5.76 Å². The van der Waals surface area contributed by atoms with Gasteiger partial charge >= 0.3 is 0 Å². The van der Waals surface area contributed by atoms with Crippen LogP contribution >= 0.6 is 11.8 Å². The van der Waals surface area contributed by atoms with Gasteiger partial charge in [0, 0.05) is 11.7 Å². The topological polar surface area (TPSA) is 50.4 Å². The molecular formula is C12H19N3OS. The lowest BCUT2D eigenvalue weighted by Crippen LogP contribution is -2.19. The van der Waals surface area contributed by atoms with Crippen molar-refractivity contribution in [2.75, 3.05) is 6.54 Å². The van der Waals surface area contributed by atoms with Crippen molar-refractivity contribution in [3.05, 3.63) is 17.8 Å². The molecule has 0 aromatic carbocycles. The number of aliphatic imine (C=N–C) groups is 1. The van der Waals surface area contributed by atoms with E-state index in [1.807, 2.05) is 11.8 Å². The third-order valence-corrected chi connectivity index (χ3v) is 3.88. The zero-order valence-corrected chi connectivity index (χ0v) is 11.2. The minimum atomic E-state index is 0.630. The molecule has 0 fully saturated rings. The van der Waals surface area contributed by atoms with E-state index < -0.39 is 0 Å². The van der Waals surface area contributed by atoms with Crippen LogP contribution in [0.15, 0.2) is 15.6 Å². The molecule has 17 heavy (non-hydrogen) atoms. The van der Waals surface area contributed by atoms with Crippen LogP contribution in [0.2, 0.25) is 0 Å². The maximum atomic E-state index is 5.53. The van der Waals surface area contributed by atoms with E-state index in [4.69, 9.17) is 4.42 Å². The molecule has 1 aliphatic rings. The van der Waals surface area contributed by atoms with Gasteiger partial charge in [0.05, 0.1) is 19.3 Å². The van der Waals surface area contributed by atoms with Crippen LogP contribution in [0.3, 0.4) is 0 Å². The van der Waals surface area contributed by atoms with Gasteiger partial charge in [-0.05, 0) is 6.42 Å². The van der Waals surface area contributed by atoms with Crippen molar-refractivity contribution in [3.8, 4) is 0 Å². The minimum Gasteiger partial charge on any atom is -0.444 e. The fraction of sp³-hybridized carbons (Fsp3) is 0.667. The smallest absolute Gasteiger partial charge is 0.213 e. The third kappa shape index (κ3) is 3.49. The lowest BCUT2D eigenvalue weighted by atomic mass is 10.2. The Hall–Kier alpha value is -0.970. The molecule has 1 unspecified atom stereocenters. The highest BCUT2D eigenvalue weighted by Crippen LogP contribution is 2.23. The summed E-state index contributed by atoms with van der Waals surface area (Å²) in [4.78, 5) is 8.69. The Morgan fingerprint density at radius 1 is 1.53 bits per heavy atom. The molecule has 1 aromatic heterocycles. The highest BCUT2D eigenvalue weighted by atomic mass is 32.2. The molecule has 0 saturated heterocycles. The second-order valence-corrected chi connectivity index (χ2v) is 5.39. The standard InChI is InChI=1S/C12H19N3OS/c1-3-5-10-7-14-12(17-10)15-8-11-13-6-9(4-2)16-11/h6,10H,3-5,7-8H2,1-2H3,(H,14,15). The Labute approximate surface area is 106 Å². The molecule has 1 N–H and O–H groups in total. The molecule has 0 amide bonds. The summed E-state index contributed by atoms with van der Waals surface area (Å²) in [5, 5.41) is 4.96. The number of aryl methyl sites for hydroxylation is 1. The van der Waals surface area contributed by atoms with Crippen LogP contribution < -0.4 is 5.32 Å². The van der Waals surface area contributed by atoms with E-state index in [-0.39, 0.29) is 0 Å². The summed E-state index contributed by atoms with van der Waals surface area (Å²) >= 11 is 1.84. The Morgan fingerprint density at radius 2 is 2.41 bits per heavy atom. The van der Waals surface area contributed by atoms with Crippen LogP contribution in [0.1, 0.15) is 38.3 Å². The molecule has 0 saturated carbocycles. The highest BCUT2D eigenvalue weighted by Gasteiger charge is 2.18. The van der Waals surface area contributed by atoms with Crippen LogP contribution in [-0.4, -0.2) is 21.9 Å². The number of hydrogen-bond acceptors (Lipinski definition) is 5. The summed E-state index contributed by atoms with van der Waals surface area (Å²) in [7, 11) is 0. The summed E-state index contributed by atoms with van der Waals surface area (Å²) in [6.07, 6.45) is 5.14. The van der Waals surface area contributed by atoms with Gasteiger partial charge in [0.25, 0.3) is 0 Å². The zero-order chi connectivity index (χ0) is 12.1. The molecule has 2 heterocycles. The molecule has 4 nitrogen and oxygen atoms in total. The first-order valence-corrected chi connectivity index (χ1v) is 7.08. The van der Waals surface area contributed by atoms with Crippen molar-refractivity contribution in [3.63, 3.8) is 0 Å². The van der Waals surface area contributed by atoms with Crippen molar-refractivity contribution in [1.29, 1.82) is 0 Å². The first kappa shape index (κ1) is 12.5. The molecule has 5 heteroatoms. The van der Waals surface area contributed by atoms with Gasteiger partial charge in [-0.1, -0.05) is 32.0 Å². The molecule has 2 rings (SSSR count). The Balaban J connectivity index is 1.75. The number of amidine groups is 1. The van der Waals surface area contributed by atoms with E-state index in [9.17, 15) is 0 Å². The number of thioether (sulfide) groups is 1. The number of nitrogens with zero attached hydrogens (tertiary/aromatic N) is 2. The molecule has 0 bridgehead atoms. The van der Waals surface area contributed by atoms with Crippen molar-refractivity contribution in [1.82, 2.24) is 10.3 Å². The summed E-state index contributed by atoms with van der Waals surface area (Å²) in [6.45, 7) is 5.84. The number of rotatable bonds is 5. The molecular weight excluding hydrogens is 234 g/mol. The van der Waals surface area contributed by atoms with Crippen molar-refractivity contribution < 1.29 is 4.42 Å². The van der Waals surface area contributed by atoms with Crippen molar-refractivity contribution in [2.45, 2.75) is 44.9 Å². The summed E-state index contributed by atoms with van der Waals surface area (Å²) in [5.41, 5.74) is 0. The van der Waals surface area contributed by atoms with E-state index in [0.717, 1.165) is 29.8 Å². The second kappa shape index (κ2) is 6.10. The predicted octanol–water partition coefficient (Wildman–Crippen LogP) is 2.60. The van der Waals surface area contributed by atoms with Gasteiger partial charge in [-0.15, -0.1) is 0 Å². The highest BCUT2D eigenvalue weighted by molar-refractivity contribution is 8.14. The first-order chi connectivity index (χ1) is 8.31. The lowest BCUT2D eigenvalue weighted by Gasteiger charge is -2.06. The summed E-state index contributed by atoms with van der Waals surface area (Å²) in [5.74, 6) is 1.68. The second-order valence-electron chi connectivity index (χ2n) is 4.10. The molecule has 1 aliphatic heterocycles. The van der Waals surface area contributed by atoms with Gasteiger partial charge in [0.2, 0.25) is 5.89 Å². The number of hydrogen-bond donors (Lipinski definition) is 1. The SMILES string of the molecule is CCCC1CN=C(NCc2ncc(CC)o2)S1. The van der Waals surface area contributed by atoms with Gasteiger partial charge in [-0.25, -0.2) is 4.98 Å². The molecule has 0 spiro atoms. The quantitative estimate of drug-likeness (QED) is 0.876. The van der Waals surface area contributed by atoms with Crippen LogP contribution in [-0.2, 0) is 13.0 Å². The van der Waals surface area contributed by atoms with Crippen molar-refractivity contribution in [2.24, 2.45) is 4.99 Å². The van der Waals surface area contributed by atoms with Crippen molar-refractivity contribution >= 4 is 16.9 Å². The van der Waals surface area contributed by atoms with E-state index >= 15 is 0 Å². The number of aromatic nitrogens is 1. The normalized spacial score (nSPS) is 19.4. The van der Waals surface area contributed by atoms with E-state index in [0.29, 0.717) is 11.8 Å². The average molecular weight is 253 g/mol.